The number of aromatic nitrogens is 4. The Morgan fingerprint density at radius 1 is 0.462 bits per heavy atom. The van der Waals surface area contributed by atoms with Gasteiger partial charge in [0.2, 0.25) is 0 Å². The van der Waals surface area contributed by atoms with Crippen molar-refractivity contribution in [1.29, 1.82) is 0 Å². The Bertz CT molecular complexity index is 1080. The van der Waals surface area contributed by atoms with Gasteiger partial charge in [-0.05, 0) is 72.8 Å². The Hall–Kier alpha value is -2.15. The number of H-pyrrole nitrogens is 2. The second-order valence-corrected chi connectivity index (χ2v) is 5.91. The van der Waals surface area contributed by atoms with E-state index in [0.717, 1.165) is 44.8 Å². The molecule has 5 heterocycles. The summed E-state index contributed by atoms with van der Waals surface area (Å²) < 4.78 is 0. The molecule has 0 aliphatic carbocycles. The predicted molar refractivity (Wildman–Crippen MR) is 98.9 cm³/mol. The molecule has 0 saturated carbocycles. The van der Waals surface area contributed by atoms with Gasteiger partial charge in [0.25, 0.3) is 0 Å². The van der Waals surface area contributed by atoms with Crippen LogP contribution in [0.3, 0.4) is 0 Å². The normalized spacial score (nSPS) is 11.7. The van der Waals surface area contributed by atoms with E-state index in [1.807, 2.05) is 42.5 Å². The predicted octanol–water partition coefficient (Wildman–Crippen LogP) is 4.65. The van der Waals surface area contributed by atoms with Crippen molar-refractivity contribution in [2.45, 2.75) is 0 Å². The van der Waals surface area contributed by atoms with Gasteiger partial charge in [0.15, 0.2) is 0 Å². The maximum atomic E-state index is 4.62. The van der Waals surface area contributed by atoms with E-state index in [1.165, 1.54) is 0 Å². The van der Waals surface area contributed by atoms with E-state index in [4.69, 9.17) is 0 Å². The summed E-state index contributed by atoms with van der Waals surface area (Å²) >= 11 is 0. The van der Waals surface area contributed by atoms with Crippen molar-refractivity contribution < 1.29 is 39.0 Å². The van der Waals surface area contributed by atoms with Crippen molar-refractivity contribution in [3.05, 3.63) is 71.3 Å². The molecule has 0 atom stereocenters. The van der Waals surface area contributed by atoms with Gasteiger partial charge in [0.1, 0.15) is 0 Å². The molecule has 0 spiro atoms. The zero-order valence-corrected chi connectivity index (χ0v) is 20.2. The van der Waals surface area contributed by atoms with Crippen LogP contribution in [0.1, 0.15) is 22.8 Å². The van der Waals surface area contributed by atoms with Crippen LogP contribution >= 0.6 is 0 Å². The van der Waals surface area contributed by atoms with Crippen molar-refractivity contribution in [3.63, 3.8) is 0 Å². The van der Waals surface area contributed by atoms with Gasteiger partial charge in [-0.25, -0.2) is 9.97 Å². The van der Waals surface area contributed by atoms with E-state index < -0.39 is 0 Å². The van der Waals surface area contributed by atoms with E-state index in [1.54, 1.807) is 0 Å². The molecule has 26 heavy (non-hydrogen) atoms. The molecule has 0 radical (unpaired) electrons. The molecule has 6 heteroatoms. The Morgan fingerprint density at radius 3 is 1.23 bits per heavy atom. The fourth-order valence-electron chi connectivity index (χ4n) is 2.94. The summed E-state index contributed by atoms with van der Waals surface area (Å²) in [6, 6.07) is 16.4. The standard InChI is InChI=1S/C20H14N4.2Zn/c1-2-14-10-16-5-6-18(23-16)12-20-8-7-19(24-20)11-17-4-3-15(22-17)9-13(1)21-14;;/h1-12,21-22H;;. The number of nitrogens with one attached hydrogen (secondary N) is 2. The van der Waals surface area contributed by atoms with Gasteiger partial charge in [-0.3, -0.25) is 0 Å². The Labute approximate surface area is 176 Å². The van der Waals surface area contributed by atoms with Crippen molar-refractivity contribution in [1.82, 2.24) is 19.9 Å². The minimum atomic E-state index is 0. The van der Waals surface area contributed by atoms with Crippen LogP contribution in [0.25, 0.3) is 46.4 Å². The Morgan fingerprint density at radius 2 is 0.808 bits per heavy atom. The first-order valence-electron chi connectivity index (χ1n) is 7.85. The zero-order chi connectivity index (χ0) is 15.9. The second kappa shape index (κ2) is 7.61. The maximum Gasteiger partial charge on any atom is 0.0659 e. The summed E-state index contributed by atoms with van der Waals surface area (Å²) in [5.41, 5.74) is 7.86. The first-order chi connectivity index (χ1) is 11.8. The number of hydrogen-bond donors (Lipinski definition) is 2. The molecule has 2 aliphatic heterocycles. The summed E-state index contributed by atoms with van der Waals surface area (Å²) in [5.74, 6) is 0. The molecule has 3 aromatic rings. The fraction of sp³-hybridized carbons (Fsp3) is 0. The molecule has 5 rings (SSSR count). The summed E-state index contributed by atoms with van der Waals surface area (Å²) in [6.45, 7) is 0. The van der Waals surface area contributed by atoms with Gasteiger partial charge in [-0.2, -0.15) is 0 Å². The molecule has 3 aromatic heterocycles. The van der Waals surface area contributed by atoms with Gasteiger partial charge in [0, 0.05) is 61.0 Å². The average Bonchev–Trinajstić information content (AvgIpc) is 3.32. The van der Waals surface area contributed by atoms with Crippen LogP contribution in [0, 0.1) is 0 Å². The van der Waals surface area contributed by atoms with Crippen LogP contribution in [-0.2, 0) is 39.0 Å². The quantitative estimate of drug-likeness (QED) is 0.344. The Kier molecular flexibility index (Phi) is 5.46. The third kappa shape index (κ3) is 3.82. The SMILES string of the molecule is C1=Cc2cc3ccc(cc4ccc(cc5nc(cc1n2)C=C5)[nH]4)[nH]3.[Zn].[Zn]. The summed E-state index contributed by atoms with van der Waals surface area (Å²) in [4.78, 5) is 16.0. The number of rotatable bonds is 0. The second-order valence-electron chi connectivity index (χ2n) is 5.91. The molecule has 8 bridgehead atoms. The number of nitrogens with zero attached hydrogens (tertiary/aromatic N) is 2. The molecule has 118 valence electrons. The molecule has 0 fully saturated rings. The summed E-state index contributed by atoms with van der Waals surface area (Å²) in [5, 5.41) is 0. The summed E-state index contributed by atoms with van der Waals surface area (Å²) in [6.07, 6.45) is 8.05. The fourth-order valence-corrected chi connectivity index (χ4v) is 2.94. The van der Waals surface area contributed by atoms with Gasteiger partial charge >= 0.3 is 0 Å². The van der Waals surface area contributed by atoms with Crippen LogP contribution in [-0.4, -0.2) is 19.9 Å². The van der Waals surface area contributed by atoms with Crippen LogP contribution in [0.15, 0.2) is 48.5 Å². The van der Waals surface area contributed by atoms with Crippen LogP contribution in [0.2, 0.25) is 0 Å². The molecule has 0 aromatic carbocycles. The van der Waals surface area contributed by atoms with Gasteiger partial charge in [-0.1, -0.05) is 0 Å². The first kappa shape index (κ1) is 18.6. The molecular formula is C20H14N4Zn2. The van der Waals surface area contributed by atoms with Crippen molar-refractivity contribution >= 4 is 46.4 Å². The maximum absolute atomic E-state index is 4.62. The molecule has 4 nitrogen and oxygen atoms in total. The molecule has 2 aliphatic rings. The van der Waals surface area contributed by atoms with Gasteiger partial charge in [0.05, 0.1) is 22.8 Å². The van der Waals surface area contributed by atoms with E-state index in [2.05, 4.69) is 50.3 Å². The van der Waals surface area contributed by atoms with Gasteiger partial charge in [-0.15, -0.1) is 0 Å². The number of hydrogen-bond acceptors (Lipinski definition) is 2. The zero-order valence-electron chi connectivity index (χ0n) is 14.2. The molecule has 0 saturated heterocycles. The van der Waals surface area contributed by atoms with Crippen molar-refractivity contribution in [2.75, 3.05) is 0 Å². The van der Waals surface area contributed by atoms with E-state index in [9.17, 15) is 0 Å². The number of fused-ring (bicyclic) bond motifs is 8. The molecule has 0 unspecified atom stereocenters. The largest absolute Gasteiger partial charge is 0.355 e. The van der Waals surface area contributed by atoms with Crippen LogP contribution in [0.4, 0.5) is 0 Å². The van der Waals surface area contributed by atoms with E-state index >= 15 is 0 Å². The minimum absolute atomic E-state index is 0. The molecule has 2 N–H and O–H groups in total. The van der Waals surface area contributed by atoms with Crippen molar-refractivity contribution in [2.24, 2.45) is 0 Å². The monoisotopic (exact) mass is 438 g/mol. The first-order valence-corrected chi connectivity index (χ1v) is 7.85. The van der Waals surface area contributed by atoms with Crippen molar-refractivity contribution in [3.8, 4) is 0 Å². The third-order valence-corrected chi connectivity index (χ3v) is 4.04. The molecule has 0 amide bonds. The smallest absolute Gasteiger partial charge is 0.0659 e. The molecular weight excluding hydrogens is 427 g/mol. The Balaban J connectivity index is 0.000000980. The van der Waals surface area contributed by atoms with E-state index in [0.29, 0.717) is 0 Å². The topological polar surface area (TPSA) is 57.4 Å². The third-order valence-electron chi connectivity index (χ3n) is 4.04. The summed E-state index contributed by atoms with van der Waals surface area (Å²) in [7, 11) is 0. The van der Waals surface area contributed by atoms with Crippen LogP contribution in [0.5, 0.6) is 0 Å². The van der Waals surface area contributed by atoms with E-state index in [-0.39, 0.29) is 39.0 Å². The van der Waals surface area contributed by atoms with Gasteiger partial charge < -0.3 is 9.97 Å². The number of aromatic amines is 2. The van der Waals surface area contributed by atoms with Crippen LogP contribution < -0.4 is 0 Å². The minimum Gasteiger partial charge on any atom is -0.355 e. The average molecular weight is 441 g/mol.